The second kappa shape index (κ2) is 7.60. The van der Waals surface area contributed by atoms with Gasteiger partial charge in [-0.2, -0.15) is 0 Å². The van der Waals surface area contributed by atoms with E-state index in [1.54, 1.807) is 18.6 Å². The number of aliphatic hydroxyl groups excluding tert-OH is 1. The standard InChI is InChI=1S/C16H15NO3S/c1-20-11-13-5-2-3-7-14(13)17-16(19)15-12(6-4-9-18)8-10-21-15/h2-3,5,7-8,10,18H,9,11H2,1H3,(H,17,19). The lowest BCUT2D eigenvalue weighted by atomic mass is 10.2. The van der Waals surface area contributed by atoms with Crippen LogP contribution < -0.4 is 5.32 Å². The van der Waals surface area contributed by atoms with Crippen LogP contribution in [-0.2, 0) is 11.3 Å². The summed E-state index contributed by atoms with van der Waals surface area (Å²) in [6.45, 7) is 0.200. The highest BCUT2D eigenvalue weighted by molar-refractivity contribution is 7.12. The van der Waals surface area contributed by atoms with E-state index < -0.39 is 0 Å². The summed E-state index contributed by atoms with van der Waals surface area (Å²) in [5.41, 5.74) is 2.25. The van der Waals surface area contributed by atoms with E-state index in [1.165, 1.54) is 11.3 Å². The van der Waals surface area contributed by atoms with Gasteiger partial charge in [0.25, 0.3) is 5.91 Å². The second-order valence-electron chi connectivity index (χ2n) is 4.17. The van der Waals surface area contributed by atoms with E-state index in [1.807, 2.05) is 24.3 Å². The molecule has 1 aromatic heterocycles. The third-order valence-corrected chi connectivity index (χ3v) is 3.65. The zero-order chi connectivity index (χ0) is 15.1. The Kier molecular flexibility index (Phi) is 5.52. The number of hydrogen-bond acceptors (Lipinski definition) is 4. The Labute approximate surface area is 127 Å². The Hall–Kier alpha value is -2.13. The molecular weight excluding hydrogens is 286 g/mol. The number of methoxy groups -OCH3 is 1. The minimum absolute atomic E-state index is 0.212. The Morgan fingerprint density at radius 2 is 2.19 bits per heavy atom. The van der Waals surface area contributed by atoms with Gasteiger partial charge in [-0.15, -0.1) is 11.3 Å². The lowest BCUT2D eigenvalue weighted by Crippen LogP contribution is -2.13. The number of carbonyl (C=O) groups is 1. The van der Waals surface area contributed by atoms with Crippen LogP contribution in [0, 0.1) is 11.8 Å². The first kappa shape index (κ1) is 15.3. The summed E-state index contributed by atoms with van der Waals surface area (Å²) in [4.78, 5) is 12.9. The number of amides is 1. The second-order valence-corrected chi connectivity index (χ2v) is 5.08. The van der Waals surface area contributed by atoms with Gasteiger partial charge in [0.2, 0.25) is 0 Å². The Bertz CT molecular complexity index is 682. The first-order chi connectivity index (χ1) is 10.3. The van der Waals surface area contributed by atoms with E-state index >= 15 is 0 Å². The highest BCUT2D eigenvalue weighted by atomic mass is 32.1. The van der Waals surface area contributed by atoms with Gasteiger partial charge in [0, 0.05) is 23.9 Å². The number of para-hydroxylation sites is 1. The SMILES string of the molecule is COCc1ccccc1NC(=O)c1sccc1C#CCO. The molecule has 0 radical (unpaired) electrons. The summed E-state index contributed by atoms with van der Waals surface area (Å²) in [6, 6.07) is 9.26. The van der Waals surface area contributed by atoms with Crippen LogP contribution in [0.4, 0.5) is 5.69 Å². The average Bonchev–Trinajstić information content (AvgIpc) is 2.96. The number of benzene rings is 1. The fourth-order valence-electron chi connectivity index (χ4n) is 1.82. The molecule has 108 valence electrons. The number of rotatable bonds is 4. The molecule has 0 aliphatic rings. The van der Waals surface area contributed by atoms with Crippen LogP contribution in [-0.4, -0.2) is 24.7 Å². The number of nitrogens with one attached hydrogen (secondary N) is 1. The van der Waals surface area contributed by atoms with Crippen LogP contribution in [0.1, 0.15) is 20.8 Å². The number of hydrogen-bond donors (Lipinski definition) is 2. The monoisotopic (exact) mass is 301 g/mol. The summed E-state index contributed by atoms with van der Waals surface area (Å²) in [7, 11) is 1.61. The van der Waals surface area contributed by atoms with Gasteiger partial charge in [-0.1, -0.05) is 30.0 Å². The first-order valence-electron chi connectivity index (χ1n) is 6.31. The van der Waals surface area contributed by atoms with Crippen molar-refractivity contribution in [2.75, 3.05) is 19.0 Å². The van der Waals surface area contributed by atoms with Gasteiger partial charge in [-0.3, -0.25) is 4.79 Å². The van der Waals surface area contributed by atoms with E-state index in [4.69, 9.17) is 9.84 Å². The largest absolute Gasteiger partial charge is 0.384 e. The Balaban J connectivity index is 2.21. The zero-order valence-electron chi connectivity index (χ0n) is 11.6. The lowest BCUT2D eigenvalue weighted by Gasteiger charge is -2.09. The number of ether oxygens (including phenoxy) is 1. The number of aliphatic hydroxyl groups is 1. The van der Waals surface area contributed by atoms with Crippen molar-refractivity contribution >= 4 is 22.9 Å². The minimum atomic E-state index is -0.229. The molecule has 21 heavy (non-hydrogen) atoms. The highest BCUT2D eigenvalue weighted by Crippen LogP contribution is 2.21. The fourth-order valence-corrected chi connectivity index (χ4v) is 2.57. The molecule has 0 aliphatic carbocycles. The maximum atomic E-state index is 12.3. The molecule has 2 rings (SSSR count). The smallest absolute Gasteiger partial charge is 0.267 e. The van der Waals surface area contributed by atoms with E-state index in [0.29, 0.717) is 17.0 Å². The van der Waals surface area contributed by atoms with Gasteiger partial charge in [0.1, 0.15) is 11.5 Å². The summed E-state index contributed by atoms with van der Waals surface area (Å²) in [6.07, 6.45) is 0. The number of thiophene rings is 1. The normalized spacial score (nSPS) is 9.81. The Morgan fingerprint density at radius 1 is 1.38 bits per heavy atom. The topological polar surface area (TPSA) is 58.6 Å². The van der Waals surface area contributed by atoms with Gasteiger partial charge in [0.15, 0.2) is 0 Å². The van der Waals surface area contributed by atoms with Gasteiger partial charge in [-0.05, 0) is 17.5 Å². The molecule has 0 atom stereocenters. The Morgan fingerprint density at radius 3 is 2.95 bits per heavy atom. The molecule has 0 saturated heterocycles. The van der Waals surface area contributed by atoms with Crippen molar-refractivity contribution in [1.82, 2.24) is 0 Å². The van der Waals surface area contributed by atoms with Crippen LogP contribution in [0.5, 0.6) is 0 Å². The zero-order valence-corrected chi connectivity index (χ0v) is 12.4. The average molecular weight is 301 g/mol. The third-order valence-electron chi connectivity index (χ3n) is 2.74. The molecule has 0 bridgehead atoms. The van der Waals surface area contributed by atoms with Crippen molar-refractivity contribution in [2.45, 2.75) is 6.61 Å². The molecule has 2 aromatic rings. The van der Waals surface area contributed by atoms with E-state index in [-0.39, 0.29) is 12.5 Å². The molecule has 0 fully saturated rings. The molecule has 1 heterocycles. The van der Waals surface area contributed by atoms with Gasteiger partial charge in [-0.25, -0.2) is 0 Å². The quantitative estimate of drug-likeness (QED) is 0.853. The predicted molar refractivity (Wildman–Crippen MR) is 83.4 cm³/mol. The molecule has 2 N–H and O–H groups in total. The van der Waals surface area contributed by atoms with Crippen LogP contribution in [0.15, 0.2) is 35.7 Å². The number of anilines is 1. The fraction of sp³-hybridized carbons (Fsp3) is 0.188. The van der Waals surface area contributed by atoms with Crippen molar-refractivity contribution in [3.63, 3.8) is 0 Å². The van der Waals surface area contributed by atoms with Crippen molar-refractivity contribution < 1.29 is 14.6 Å². The van der Waals surface area contributed by atoms with Crippen LogP contribution in [0.3, 0.4) is 0 Å². The highest BCUT2D eigenvalue weighted by Gasteiger charge is 2.13. The molecule has 0 saturated carbocycles. The van der Waals surface area contributed by atoms with Crippen LogP contribution in [0.2, 0.25) is 0 Å². The van der Waals surface area contributed by atoms with E-state index in [9.17, 15) is 4.79 Å². The van der Waals surface area contributed by atoms with Crippen LogP contribution >= 0.6 is 11.3 Å². The van der Waals surface area contributed by atoms with Gasteiger partial charge < -0.3 is 15.2 Å². The van der Waals surface area contributed by atoms with Crippen molar-refractivity contribution in [2.24, 2.45) is 0 Å². The molecule has 0 aliphatic heterocycles. The van der Waals surface area contributed by atoms with Crippen molar-refractivity contribution in [3.05, 3.63) is 51.7 Å². The van der Waals surface area contributed by atoms with Crippen molar-refractivity contribution in [3.8, 4) is 11.8 Å². The van der Waals surface area contributed by atoms with E-state index in [2.05, 4.69) is 17.2 Å². The first-order valence-corrected chi connectivity index (χ1v) is 7.19. The molecule has 1 aromatic carbocycles. The molecule has 0 unspecified atom stereocenters. The molecule has 1 amide bonds. The molecule has 0 spiro atoms. The summed E-state index contributed by atoms with van der Waals surface area (Å²) in [5, 5.41) is 13.4. The van der Waals surface area contributed by atoms with E-state index in [0.717, 1.165) is 11.3 Å². The van der Waals surface area contributed by atoms with Crippen molar-refractivity contribution in [1.29, 1.82) is 0 Å². The molecule has 4 nitrogen and oxygen atoms in total. The summed E-state index contributed by atoms with van der Waals surface area (Å²) in [5.74, 6) is 5.12. The number of carbonyl (C=O) groups excluding carboxylic acids is 1. The lowest BCUT2D eigenvalue weighted by molar-refractivity contribution is 0.103. The van der Waals surface area contributed by atoms with Crippen LogP contribution in [0.25, 0.3) is 0 Å². The summed E-state index contributed by atoms with van der Waals surface area (Å²) < 4.78 is 5.12. The maximum absolute atomic E-state index is 12.3. The van der Waals surface area contributed by atoms with Gasteiger partial charge in [0.05, 0.1) is 6.61 Å². The van der Waals surface area contributed by atoms with Gasteiger partial charge >= 0.3 is 0 Å². The molecular formula is C16H15NO3S. The third kappa shape index (κ3) is 3.92. The minimum Gasteiger partial charge on any atom is -0.384 e. The predicted octanol–water partition coefficient (Wildman–Crippen LogP) is 2.49. The molecule has 5 heteroatoms. The maximum Gasteiger partial charge on any atom is 0.267 e. The summed E-state index contributed by atoms with van der Waals surface area (Å²) >= 11 is 1.32.